The largest absolute Gasteiger partial charge is 0.487 e. The molecule has 0 aliphatic rings. The summed E-state index contributed by atoms with van der Waals surface area (Å²) >= 11 is 0. The predicted octanol–water partition coefficient (Wildman–Crippen LogP) is 2.45. The van der Waals surface area contributed by atoms with Gasteiger partial charge in [-0.15, -0.1) is 6.58 Å². The Bertz CT molecular complexity index is 419. The summed E-state index contributed by atoms with van der Waals surface area (Å²) < 4.78 is 5.43. The molecule has 0 aliphatic carbocycles. The molecule has 98 valence electrons. The maximum absolute atomic E-state index is 10.9. The van der Waals surface area contributed by atoms with Crippen molar-refractivity contribution >= 4 is 5.69 Å². The van der Waals surface area contributed by atoms with Crippen molar-refractivity contribution in [2.24, 2.45) is 0 Å². The smallest absolute Gasteiger partial charge is 0.311 e. The van der Waals surface area contributed by atoms with Crippen LogP contribution in [0.25, 0.3) is 0 Å². The van der Waals surface area contributed by atoms with Crippen LogP contribution in [-0.2, 0) is 0 Å². The number of nitro benzene ring substituents is 1. The highest BCUT2D eigenvalue weighted by atomic mass is 16.6. The zero-order valence-corrected chi connectivity index (χ0v) is 10.5. The lowest BCUT2D eigenvalue weighted by Crippen LogP contribution is -2.17. The number of nitrogens with one attached hydrogen (secondary N) is 1. The van der Waals surface area contributed by atoms with Crippen molar-refractivity contribution in [3.05, 3.63) is 46.5 Å². The fraction of sp³-hybridized carbons (Fsp3) is 0.385. The Balaban J connectivity index is 2.46. The summed E-state index contributed by atoms with van der Waals surface area (Å²) in [7, 11) is 0. The molecule has 0 heterocycles. The summed E-state index contributed by atoms with van der Waals surface area (Å²) in [5, 5.41) is 14.0. The molecule has 1 aromatic carbocycles. The van der Waals surface area contributed by atoms with Gasteiger partial charge in [0.25, 0.3) is 0 Å². The monoisotopic (exact) mass is 250 g/mol. The molecule has 0 amide bonds. The minimum Gasteiger partial charge on any atom is -0.487 e. The van der Waals surface area contributed by atoms with Crippen LogP contribution in [0.1, 0.15) is 12.0 Å². The third-order valence-electron chi connectivity index (χ3n) is 2.36. The van der Waals surface area contributed by atoms with Crippen molar-refractivity contribution in [1.82, 2.24) is 5.32 Å². The van der Waals surface area contributed by atoms with Crippen molar-refractivity contribution < 1.29 is 9.66 Å². The first-order valence-electron chi connectivity index (χ1n) is 5.84. The SMILES string of the molecule is C=CCNCCCOc1ccc(C)cc1[N+](=O)[O-]. The van der Waals surface area contributed by atoms with E-state index in [1.165, 1.54) is 6.07 Å². The molecule has 0 unspecified atom stereocenters. The Morgan fingerprint density at radius 3 is 3.00 bits per heavy atom. The van der Waals surface area contributed by atoms with Crippen LogP contribution >= 0.6 is 0 Å². The van der Waals surface area contributed by atoms with Gasteiger partial charge in [0, 0.05) is 12.6 Å². The quantitative estimate of drug-likeness (QED) is 0.333. The first kappa shape index (κ1) is 14.2. The topological polar surface area (TPSA) is 64.4 Å². The van der Waals surface area contributed by atoms with Crippen LogP contribution in [0.3, 0.4) is 0 Å². The average Bonchev–Trinajstić information content (AvgIpc) is 2.35. The van der Waals surface area contributed by atoms with Crippen LogP contribution in [0.2, 0.25) is 0 Å². The van der Waals surface area contributed by atoms with Gasteiger partial charge in [-0.3, -0.25) is 10.1 Å². The zero-order valence-electron chi connectivity index (χ0n) is 10.5. The van der Waals surface area contributed by atoms with Crippen molar-refractivity contribution in [1.29, 1.82) is 0 Å². The molecule has 1 aromatic rings. The maximum atomic E-state index is 10.9. The third-order valence-corrected chi connectivity index (χ3v) is 2.36. The van der Waals surface area contributed by atoms with E-state index in [2.05, 4.69) is 11.9 Å². The first-order chi connectivity index (χ1) is 8.65. The molecule has 0 bridgehead atoms. The van der Waals surface area contributed by atoms with Crippen molar-refractivity contribution in [2.75, 3.05) is 19.7 Å². The Morgan fingerprint density at radius 1 is 1.56 bits per heavy atom. The highest BCUT2D eigenvalue weighted by Gasteiger charge is 2.14. The minimum atomic E-state index is -0.418. The van der Waals surface area contributed by atoms with E-state index in [1.54, 1.807) is 18.2 Å². The number of benzene rings is 1. The van der Waals surface area contributed by atoms with Gasteiger partial charge >= 0.3 is 5.69 Å². The molecule has 1 N–H and O–H groups in total. The summed E-state index contributed by atoms with van der Waals surface area (Å²) in [6.07, 6.45) is 2.57. The average molecular weight is 250 g/mol. The molecule has 5 heteroatoms. The number of aryl methyl sites for hydroxylation is 1. The summed E-state index contributed by atoms with van der Waals surface area (Å²) in [5.74, 6) is 0.328. The fourth-order valence-corrected chi connectivity index (χ4v) is 1.48. The van der Waals surface area contributed by atoms with Crippen LogP contribution in [0.4, 0.5) is 5.69 Å². The molecular formula is C13H18N2O3. The molecule has 0 atom stereocenters. The standard InChI is InChI=1S/C13H18N2O3/c1-3-7-14-8-4-9-18-13-6-5-11(2)10-12(13)15(16)17/h3,5-6,10,14H,1,4,7-9H2,2H3. The van der Waals surface area contributed by atoms with Gasteiger partial charge in [0.05, 0.1) is 11.5 Å². The molecule has 5 nitrogen and oxygen atoms in total. The molecule has 0 fully saturated rings. The van der Waals surface area contributed by atoms with Crippen LogP contribution in [0, 0.1) is 17.0 Å². The fourth-order valence-electron chi connectivity index (χ4n) is 1.48. The number of hydrogen-bond donors (Lipinski definition) is 1. The Hall–Kier alpha value is -1.88. The number of ether oxygens (including phenoxy) is 1. The Kier molecular flexibility index (Phi) is 5.87. The van der Waals surface area contributed by atoms with E-state index in [-0.39, 0.29) is 5.69 Å². The maximum Gasteiger partial charge on any atom is 0.311 e. The van der Waals surface area contributed by atoms with Crippen LogP contribution in [0.5, 0.6) is 5.75 Å². The second kappa shape index (κ2) is 7.45. The van der Waals surface area contributed by atoms with Crippen LogP contribution in [0.15, 0.2) is 30.9 Å². The normalized spacial score (nSPS) is 10.1. The number of hydrogen-bond acceptors (Lipinski definition) is 4. The molecule has 0 spiro atoms. The third kappa shape index (κ3) is 4.55. The summed E-state index contributed by atoms with van der Waals surface area (Å²) in [4.78, 5) is 10.4. The molecule has 0 radical (unpaired) electrons. The first-order valence-corrected chi connectivity index (χ1v) is 5.84. The lowest BCUT2D eigenvalue weighted by atomic mass is 10.2. The van der Waals surface area contributed by atoms with Gasteiger partial charge in [-0.05, 0) is 31.5 Å². The van der Waals surface area contributed by atoms with E-state index in [9.17, 15) is 10.1 Å². The van der Waals surface area contributed by atoms with Gasteiger partial charge in [0.2, 0.25) is 0 Å². The van der Waals surface area contributed by atoms with Crippen molar-refractivity contribution in [3.63, 3.8) is 0 Å². The number of nitro groups is 1. The second-order valence-corrected chi connectivity index (χ2v) is 3.92. The van der Waals surface area contributed by atoms with E-state index < -0.39 is 4.92 Å². The highest BCUT2D eigenvalue weighted by molar-refractivity contribution is 5.48. The summed E-state index contributed by atoms with van der Waals surface area (Å²) in [6, 6.07) is 4.97. The van der Waals surface area contributed by atoms with Gasteiger partial charge in [-0.25, -0.2) is 0 Å². The van der Waals surface area contributed by atoms with E-state index in [4.69, 9.17) is 4.74 Å². The Labute approximate surface area is 107 Å². The Morgan fingerprint density at radius 2 is 2.33 bits per heavy atom. The van der Waals surface area contributed by atoms with Gasteiger partial charge < -0.3 is 10.1 Å². The molecular weight excluding hydrogens is 232 g/mol. The molecule has 0 aromatic heterocycles. The van der Waals surface area contributed by atoms with Crippen molar-refractivity contribution in [2.45, 2.75) is 13.3 Å². The summed E-state index contributed by atoms with van der Waals surface area (Å²) in [5.41, 5.74) is 0.871. The lowest BCUT2D eigenvalue weighted by molar-refractivity contribution is -0.385. The summed E-state index contributed by atoms with van der Waals surface area (Å²) in [6.45, 7) is 7.42. The van der Waals surface area contributed by atoms with Gasteiger partial charge in [-0.1, -0.05) is 12.1 Å². The van der Waals surface area contributed by atoms with Crippen LogP contribution in [-0.4, -0.2) is 24.6 Å². The lowest BCUT2D eigenvalue weighted by Gasteiger charge is -2.07. The highest BCUT2D eigenvalue weighted by Crippen LogP contribution is 2.27. The van der Waals surface area contributed by atoms with E-state index in [0.29, 0.717) is 12.4 Å². The molecule has 18 heavy (non-hydrogen) atoms. The zero-order chi connectivity index (χ0) is 13.4. The van der Waals surface area contributed by atoms with E-state index in [1.807, 2.05) is 6.92 Å². The molecule has 0 saturated heterocycles. The second-order valence-electron chi connectivity index (χ2n) is 3.92. The van der Waals surface area contributed by atoms with Gasteiger partial charge in [-0.2, -0.15) is 0 Å². The number of rotatable bonds is 8. The van der Waals surface area contributed by atoms with E-state index >= 15 is 0 Å². The van der Waals surface area contributed by atoms with Crippen molar-refractivity contribution in [3.8, 4) is 5.75 Å². The minimum absolute atomic E-state index is 0.0223. The predicted molar refractivity (Wildman–Crippen MR) is 71.0 cm³/mol. The number of nitrogens with zero attached hydrogens (tertiary/aromatic N) is 1. The van der Waals surface area contributed by atoms with Gasteiger partial charge in [0.1, 0.15) is 0 Å². The molecule has 0 saturated carbocycles. The molecule has 0 aliphatic heterocycles. The molecule has 1 rings (SSSR count). The van der Waals surface area contributed by atoms with Gasteiger partial charge in [0.15, 0.2) is 5.75 Å². The van der Waals surface area contributed by atoms with Crippen LogP contribution < -0.4 is 10.1 Å². The van der Waals surface area contributed by atoms with E-state index in [0.717, 1.165) is 25.1 Å².